The number of amides is 2. The highest BCUT2D eigenvalue weighted by atomic mass is 16.5. The van der Waals surface area contributed by atoms with Gasteiger partial charge < -0.3 is 14.5 Å². The van der Waals surface area contributed by atoms with Gasteiger partial charge in [-0.2, -0.15) is 0 Å². The number of likely N-dealkylation sites (tertiary alicyclic amines) is 2. The highest BCUT2D eigenvalue weighted by molar-refractivity contribution is 5.94. The van der Waals surface area contributed by atoms with Crippen LogP contribution >= 0.6 is 0 Å². The Labute approximate surface area is 168 Å². The molecule has 3 fully saturated rings. The summed E-state index contributed by atoms with van der Waals surface area (Å²) < 4.78 is 6.04. The van der Waals surface area contributed by atoms with Gasteiger partial charge in [-0.3, -0.25) is 9.59 Å². The van der Waals surface area contributed by atoms with E-state index in [0.29, 0.717) is 24.0 Å². The van der Waals surface area contributed by atoms with E-state index in [9.17, 15) is 9.59 Å². The predicted molar refractivity (Wildman–Crippen MR) is 108 cm³/mol. The summed E-state index contributed by atoms with van der Waals surface area (Å²) in [5, 5.41) is 0. The Hall–Kier alpha value is -2.04. The van der Waals surface area contributed by atoms with Crippen LogP contribution in [0.25, 0.3) is 0 Å². The van der Waals surface area contributed by atoms with E-state index in [4.69, 9.17) is 4.74 Å². The van der Waals surface area contributed by atoms with E-state index in [-0.39, 0.29) is 11.8 Å². The smallest absolute Gasteiger partial charge is 0.253 e. The van der Waals surface area contributed by atoms with Gasteiger partial charge in [-0.05, 0) is 63.1 Å². The third kappa shape index (κ3) is 4.50. The number of piperidine rings is 2. The van der Waals surface area contributed by atoms with Gasteiger partial charge in [0.1, 0.15) is 5.75 Å². The van der Waals surface area contributed by atoms with E-state index in [1.165, 1.54) is 12.8 Å². The lowest BCUT2D eigenvalue weighted by Gasteiger charge is -2.37. The number of benzene rings is 1. The van der Waals surface area contributed by atoms with Crippen molar-refractivity contribution in [2.24, 2.45) is 11.8 Å². The summed E-state index contributed by atoms with van der Waals surface area (Å²) in [6.45, 7) is 4.02. The Morgan fingerprint density at radius 1 is 0.929 bits per heavy atom. The third-order valence-corrected chi connectivity index (χ3v) is 6.50. The molecular weight excluding hydrogens is 352 g/mol. The number of hydrogen-bond acceptors (Lipinski definition) is 3. The molecule has 0 radical (unpaired) electrons. The first-order valence-corrected chi connectivity index (χ1v) is 11.0. The van der Waals surface area contributed by atoms with Crippen LogP contribution in [0.4, 0.5) is 0 Å². The fraction of sp³-hybridized carbons (Fsp3) is 0.652. The molecule has 2 amide bonds. The summed E-state index contributed by atoms with van der Waals surface area (Å²) in [6, 6.07) is 7.58. The average molecular weight is 385 g/mol. The molecule has 2 saturated heterocycles. The molecule has 152 valence electrons. The molecule has 28 heavy (non-hydrogen) atoms. The van der Waals surface area contributed by atoms with E-state index >= 15 is 0 Å². The quantitative estimate of drug-likeness (QED) is 0.777. The number of nitrogens with zero attached hydrogens (tertiary/aromatic N) is 2. The highest BCUT2D eigenvalue weighted by Gasteiger charge is 2.32. The fourth-order valence-electron chi connectivity index (χ4n) is 4.53. The van der Waals surface area contributed by atoms with Crippen LogP contribution < -0.4 is 4.74 Å². The van der Waals surface area contributed by atoms with E-state index in [2.05, 4.69) is 4.90 Å². The van der Waals surface area contributed by atoms with Gasteiger partial charge in [-0.25, -0.2) is 0 Å². The Morgan fingerprint density at radius 2 is 1.71 bits per heavy atom. The minimum atomic E-state index is 0.111. The largest absolute Gasteiger partial charge is 0.493 e. The molecule has 1 aromatic rings. The molecular formula is C23H32N2O3. The van der Waals surface area contributed by atoms with Crippen LogP contribution in [0, 0.1) is 11.8 Å². The lowest BCUT2D eigenvalue weighted by Crippen LogP contribution is -2.45. The maximum absolute atomic E-state index is 12.7. The molecule has 2 aliphatic heterocycles. The molecule has 0 N–H and O–H groups in total. The first-order valence-electron chi connectivity index (χ1n) is 11.0. The minimum absolute atomic E-state index is 0.111. The van der Waals surface area contributed by atoms with Crippen molar-refractivity contribution < 1.29 is 14.3 Å². The Balaban J connectivity index is 1.30. The van der Waals surface area contributed by atoms with Crippen molar-refractivity contribution in [3.05, 3.63) is 29.8 Å². The van der Waals surface area contributed by atoms with Crippen LogP contribution in [0.3, 0.4) is 0 Å². The van der Waals surface area contributed by atoms with Crippen LogP contribution in [0.5, 0.6) is 5.75 Å². The standard InChI is InChI=1S/C23H32N2O3/c26-22(19-8-4-9-19)25-14-6-7-18(16-25)17-28-21-11-5-10-20(15-21)23(27)24-12-2-1-3-13-24/h5,10-11,15,18-19H,1-4,6-9,12-14,16-17H2/t18-/m0/s1. The van der Waals surface area contributed by atoms with Crippen LogP contribution in [0.1, 0.15) is 61.7 Å². The number of ether oxygens (including phenoxy) is 1. The maximum Gasteiger partial charge on any atom is 0.253 e. The van der Waals surface area contributed by atoms with Crippen molar-refractivity contribution in [2.45, 2.75) is 51.4 Å². The van der Waals surface area contributed by atoms with Crippen molar-refractivity contribution >= 4 is 11.8 Å². The zero-order valence-electron chi connectivity index (χ0n) is 16.8. The molecule has 1 saturated carbocycles. The number of carbonyl (C=O) groups excluding carboxylic acids is 2. The van der Waals surface area contributed by atoms with Gasteiger partial charge in [0.15, 0.2) is 0 Å². The van der Waals surface area contributed by atoms with Gasteiger partial charge >= 0.3 is 0 Å². The van der Waals surface area contributed by atoms with Gasteiger partial charge in [-0.1, -0.05) is 12.5 Å². The lowest BCUT2D eigenvalue weighted by molar-refractivity contribution is -0.140. The molecule has 1 aromatic carbocycles. The van der Waals surface area contributed by atoms with Crippen LogP contribution in [-0.2, 0) is 4.79 Å². The topological polar surface area (TPSA) is 49.9 Å². The Morgan fingerprint density at radius 3 is 2.46 bits per heavy atom. The molecule has 2 heterocycles. The molecule has 1 aliphatic carbocycles. The summed E-state index contributed by atoms with van der Waals surface area (Å²) in [6.07, 6.45) is 8.89. The van der Waals surface area contributed by atoms with Crippen LogP contribution in [0.15, 0.2) is 24.3 Å². The average Bonchev–Trinajstić information content (AvgIpc) is 2.71. The van der Waals surface area contributed by atoms with Crippen molar-refractivity contribution in [1.82, 2.24) is 9.80 Å². The van der Waals surface area contributed by atoms with Crippen molar-refractivity contribution in [3.8, 4) is 5.75 Å². The lowest BCUT2D eigenvalue weighted by atomic mass is 9.83. The van der Waals surface area contributed by atoms with Gasteiger partial charge in [0.05, 0.1) is 6.61 Å². The van der Waals surface area contributed by atoms with E-state index in [0.717, 1.165) is 70.5 Å². The summed E-state index contributed by atoms with van der Waals surface area (Å²) in [7, 11) is 0. The molecule has 5 nitrogen and oxygen atoms in total. The molecule has 1 atom stereocenters. The van der Waals surface area contributed by atoms with Crippen LogP contribution in [-0.4, -0.2) is 54.4 Å². The number of rotatable bonds is 5. The Kier molecular flexibility index (Phi) is 6.18. The van der Waals surface area contributed by atoms with Gasteiger partial charge in [0.25, 0.3) is 5.91 Å². The SMILES string of the molecule is O=C(c1cccc(OC[C@H]2CCCN(C(=O)C3CCC3)C2)c1)N1CCCCC1. The first kappa shape index (κ1) is 19.3. The zero-order chi connectivity index (χ0) is 19.3. The summed E-state index contributed by atoms with van der Waals surface area (Å²) in [4.78, 5) is 29.2. The molecule has 0 aromatic heterocycles. The van der Waals surface area contributed by atoms with Crippen LogP contribution in [0.2, 0.25) is 0 Å². The second kappa shape index (κ2) is 8.97. The summed E-state index contributed by atoms with van der Waals surface area (Å²) in [5.41, 5.74) is 0.713. The predicted octanol–water partition coefficient (Wildman–Crippen LogP) is 3.73. The minimum Gasteiger partial charge on any atom is -0.493 e. The summed E-state index contributed by atoms with van der Waals surface area (Å²) >= 11 is 0. The normalized spacial score (nSPS) is 23.2. The van der Waals surface area contributed by atoms with E-state index in [1.54, 1.807) is 0 Å². The first-order chi connectivity index (χ1) is 13.7. The molecule has 0 bridgehead atoms. The third-order valence-electron chi connectivity index (χ3n) is 6.50. The zero-order valence-corrected chi connectivity index (χ0v) is 16.8. The van der Waals surface area contributed by atoms with Gasteiger partial charge in [-0.15, -0.1) is 0 Å². The van der Waals surface area contributed by atoms with E-state index < -0.39 is 0 Å². The van der Waals surface area contributed by atoms with Gasteiger partial charge in [0, 0.05) is 43.6 Å². The Bertz CT molecular complexity index is 695. The highest BCUT2D eigenvalue weighted by Crippen LogP contribution is 2.30. The molecule has 3 aliphatic rings. The number of carbonyl (C=O) groups is 2. The molecule has 0 spiro atoms. The summed E-state index contributed by atoms with van der Waals surface area (Å²) in [5.74, 6) is 1.87. The van der Waals surface area contributed by atoms with E-state index in [1.807, 2.05) is 29.2 Å². The second-order valence-corrected chi connectivity index (χ2v) is 8.61. The molecule has 5 heteroatoms. The number of hydrogen-bond donors (Lipinski definition) is 0. The van der Waals surface area contributed by atoms with Crippen molar-refractivity contribution in [2.75, 3.05) is 32.8 Å². The van der Waals surface area contributed by atoms with Crippen molar-refractivity contribution in [1.29, 1.82) is 0 Å². The maximum atomic E-state index is 12.7. The van der Waals surface area contributed by atoms with Crippen molar-refractivity contribution in [3.63, 3.8) is 0 Å². The molecule has 0 unspecified atom stereocenters. The van der Waals surface area contributed by atoms with Gasteiger partial charge in [0.2, 0.25) is 5.91 Å². The second-order valence-electron chi connectivity index (χ2n) is 8.61. The monoisotopic (exact) mass is 384 g/mol. The molecule has 4 rings (SSSR count). The fourth-order valence-corrected chi connectivity index (χ4v) is 4.53.